The summed E-state index contributed by atoms with van der Waals surface area (Å²) in [4.78, 5) is 1.49. The molecule has 1 aliphatic rings. The van der Waals surface area contributed by atoms with Crippen molar-refractivity contribution in [2.75, 3.05) is 13.1 Å². The van der Waals surface area contributed by atoms with Gasteiger partial charge in [0.05, 0.1) is 0 Å². The fourth-order valence-corrected chi connectivity index (χ4v) is 4.42. The molecule has 0 saturated heterocycles. The molecular formula is C19H33NS. The lowest BCUT2D eigenvalue weighted by Crippen LogP contribution is -2.36. The molecule has 0 bridgehead atoms. The van der Waals surface area contributed by atoms with Crippen molar-refractivity contribution in [3.63, 3.8) is 0 Å². The van der Waals surface area contributed by atoms with Crippen molar-refractivity contribution in [3.05, 3.63) is 22.4 Å². The van der Waals surface area contributed by atoms with Gasteiger partial charge in [0.15, 0.2) is 0 Å². The Balaban J connectivity index is 1.71. The van der Waals surface area contributed by atoms with Crippen molar-refractivity contribution in [3.8, 4) is 0 Å². The summed E-state index contributed by atoms with van der Waals surface area (Å²) < 4.78 is 0. The maximum absolute atomic E-state index is 3.74. The molecule has 2 rings (SSSR count). The second-order valence-corrected chi connectivity index (χ2v) is 9.52. The van der Waals surface area contributed by atoms with Crippen LogP contribution in [0.25, 0.3) is 0 Å². The molecule has 2 heteroatoms. The minimum atomic E-state index is 0.261. The van der Waals surface area contributed by atoms with Gasteiger partial charge in [-0.2, -0.15) is 0 Å². The van der Waals surface area contributed by atoms with Gasteiger partial charge in [0.2, 0.25) is 0 Å². The Kier molecular flexibility index (Phi) is 5.54. The first-order chi connectivity index (χ1) is 9.79. The van der Waals surface area contributed by atoms with Gasteiger partial charge in [-0.1, -0.05) is 40.7 Å². The van der Waals surface area contributed by atoms with E-state index in [0.29, 0.717) is 5.41 Å². The quantitative estimate of drug-likeness (QED) is 0.761. The molecule has 1 aliphatic carbocycles. The van der Waals surface area contributed by atoms with Crippen LogP contribution in [-0.2, 0) is 5.41 Å². The summed E-state index contributed by atoms with van der Waals surface area (Å²) in [6, 6.07) is 4.43. The van der Waals surface area contributed by atoms with Crippen LogP contribution in [0.4, 0.5) is 0 Å². The summed E-state index contributed by atoms with van der Waals surface area (Å²) in [5, 5.41) is 5.93. The first kappa shape index (κ1) is 17.0. The third-order valence-corrected chi connectivity index (χ3v) is 6.50. The Morgan fingerprint density at radius 1 is 1.10 bits per heavy atom. The maximum atomic E-state index is 3.74. The van der Waals surface area contributed by atoms with Crippen LogP contribution < -0.4 is 5.32 Å². The molecule has 21 heavy (non-hydrogen) atoms. The zero-order valence-electron chi connectivity index (χ0n) is 14.5. The summed E-state index contributed by atoms with van der Waals surface area (Å²) >= 11 is 1.88. The molecule has 0 unspecified atom stereocenters. The van der Waals surface area contributed by atoms with E-state index in [4.69, 9.17) is 0 Å². The molecule has 1 fully saturated rings. The van der Waals surface area contributed by atoms with Gasteiger partial charge < -0.3 is 5.32 Å². The summed E-state index contributed by atoms with van der Waals surface area (Å²) in [6.07, 6.45) is 5.66. The van der Waals surface area contributed by atoms with Gasteiger partial charge >= 0.3 is 0 Å². The molecule has 0 radical (unpaired) electrons. The van der Waals surface area contributed by atoms with Gasteiger partial charge in [0.25, 0.3) is 0 Å². The average Bonchev–Trinajstić information content (AvgIpc) is 2.92. The molecule has 1 heterocycles. The molecule has 1 N–H and O–H groups in total. The molecule has 1 nitrogen and oxygen atoms in total. The van der Waals surface area contributed by atoms with E-state index in [0.717, 1.165) is 18.4 Å². The minimum absolute atomic E-state index is 0.261. The highest BCUT2D eigenvalue weighted by molar-refractivity contribution is 7.10. The van der Waals surface area contributed by atoms with E-state index < -0.39 is 0 Å². The average molecular weight is 308 g/mol. The topological polar surface area (TPSA) is 12.0 Å². The molecule has 1 aromatic heterocycles. The van der Waals surface area contributed by atoms with Crippen molar-refractivity contribution < 1.29 is 0 Å². The molecule has 1 aromatic rings. The minimum Gasteiger partial charge on any atom is -0.316 e. The second kappa shape index (κ2) is 6.83. The molecule has 1 saturated carbocycles. The molecule has 0 aromatic carbocycles. The smallest absolute Gasteiger partial charge is 0.0115 e. The van der Waals surface area contributed by atoms with E-state index in [9.17, 15) is 0 Å². The highest BCUT2D eigenvalue weighted by Gasteiger charge is 2.29. The van der Waals surface area contributed by atoms with Crippen LogP contribution in [-0.4, -0.2) is 13.1 Å². The lowest BCUT2D eigenvalue weighted by molar-refractivity contribution is 0.148. The predicted octanol–water partition coefficient (Wildman–Crippen LogP) is 5.47. The Bertz CT molecular complexity index is 405. The van der Waals surface area contributed by atoms with Crippen molar-refractivity contribution >= 4 is 11.3 Å². The third kappa shape index (κ3) is 4.82. The number of thiophene rings is 1. The molecule has 0 spiro atoms. The van der Waals surface area contributed by atoms with Crippen molar-refractivity contribution in [1.29, 1.82) is 0 Å². The number of nitrogens with one attached hydrogen (secondary N) is 1. The molecule has 0 atom stereocenters. The largest absolute Gasteiger partial charge is 0.316 e. The van der Waals surface area contributed by atoms with Crippen LogP contribution in [0.5, 0.6) is 0 Å². The van der Waals surface area contributed by atoms with Crippen LogP contribution in [0.1, 0.15) is 65.2 Å². The normalized spacial score (nSPS) is 24.2. The van der Waals surface area contributed by atoms with E-state index in [1.54, 1.807) is 0 Å². The van der Waals surface area contributed by atoms with Gasteiger partial charge in [-0.25, -0.2) is 0 Å². The number of hydrogen-bond acceptors (Lipinski definition) is 2. The fourth-order valence-electron chi connectivity index (χ4n) is 3.57. The van der Waals surface area contributed by atoms with Crippen LogP contribution >= 0.6 is 11.3 Å². The van der Waals surface area contributed by atoms with Gasteiger partial charge in [-0.3, -0.25) is 0 Å². The lowest BCUT2D eigenvalue weighted by Gasteiger charge is -2.37. The highest BCUT2D eigenvalue weighted by Crippen LogP contribution is 2.39. The molecule has 0 amide bonds. The van der Waals surface area contributed by atoms with Crippen molar-refractivity contribution in [2.24, 2.45) is 17.3 Å². The summed E-state index contributed by atoms with van der Waals surface area (Å²) in [6.45, 7) is 14.2. The first-order valence-corrected chi connectivity index (χ1v) is 9.42. The maximum Gasteiger partial charge on any atom is 0.0115 e. The number of hydrogen-bond donors (Lipinski definition) is 1. The molecular weight excluding hydrogens is 274 g/mol. The SMILES string of the molecule is CC(C)(CNCC1CCC(C(C)(C)C)CC1)c1cccs1. The van der Waals surface area contributed by atoms with Gasteiger partial charge in [-0.05, 0) is 60.9 Å². The summed E-state index contributed by atoms with van der Waals surface area (Å²) in [5.41, 5.74) is 0.760. The Morgan fingerprint density at radius 3 is 2.29 bits per heavy atom. The van der Waals surface area contributed by atoms with Crippen LogP contribution in [0.2, 0.25) is 0 Å². The Labute approximate surface area is 135 Å². The van der Waals surface area contributed by atoms with Crippen molar-refractivity contribution in [1.82, 2.24) is 5.32 Å². The predicted molar refractivity (Wildman–Crippen MR) is 95.1 cm³/mol. The van der Waals surface area contributed by atoms with Crippen LogP contribution in [0.3, 0.4) is 0 Å². The third-order valence-electron chi connectivity index (χ3n) is 5.26. The van der Waals surface area contributed by atoms with Gasteiger partial charge in [-0.15, -0.1) is 11.3 Å². The zero-order valence-corrected chi connectivity index (χ0v) is 15.4. The molecule has 120 valence electrons. The van der Waals surface area contributed by atoms with E-state index in [1.807, 2.05) is 11.3 Å². The number of rotatable bonds is 5. The lowest BCUT2D eigenvalue weighted by atomic mass is 9.70. The van der Waals surface area contributed by atoms with Crippen molar-refractivity contribution in [2.45, 2.75) is 65.7 Å². The van der Waals surface area contributed by atoms with E-state index in [1.165, 1.54) is 37.1 Å². The first-order valence-electron chi connectivity index (χ1n) is 8.54. The van der Waals surface area contributed by atoms with Crippen LogP contribution in [0.15, 0.2) is 17.5 Å². The summed E-state index contributed by atoms with van der Waals surface area (Å²) in [5.74, 6) is 1.82. The monoisotopic (exact) mass is 307 g/mol. The summed E-state index contributed by atoms with van der Waals surface area (Å²) in [7, 11) is 0. The van der Waals surface area contributed by atoms with Crippen LogP contribution in [0, 0.1) is 17.3 Å². The van der Waals surface area contributed by atoms with Gasteiger partial charge in [0.1, 0.15) is 0 Å². The molecule has 0 aliphatic heterocycles. The van der Waals surface area contributed by atoms with E-state index >= 15 is 0 Å². The van der Waals surface area contributed by atoms with E-state index in [2.05, 4.69) is 57.4 Å². The second-order valence-electron chi connectivity index (χ2n) is 8.58. The van der Waals surface area contributed by atoms with Gasteiger partial charge in [0, 0.05) is 16.8 Å². The highest BCUT2D eigenvalue weighted by atomic mass is 32.1. The Morgan fingerprint density at radius 2 is 1.76 bits per heavy atom. The fraction of sp³-hybridized carbons (Fsp3) is 0.789. The van der Waals surface area contributed by atoms with E-state index in [-0.39, 0.29) is 5.41 Å². The standard InChI is InChI=1S/C19H33NS/c1-18(2,3)16-10-8-15(9-11-16)13-20-14-19(4,5)17-7-6-12-21-17/h6-7,12,15-16,20H,8-11,13-14H2,1-5H3. The zero-order chi connectivity index (χ0) is 15.5. The Hall–Kier alpha value is -0.340.